The number of aromatic nitrogens is 1. The Morgan fingerprint density at radius 2 is 1.71 bits per heavy atom. The summed E-state index contributed by atoms with van der Waals surface area (Å²) in [5, 5.41) is 0.945. The number of morpholine rings is 1. The smallest absolute Gasteiger partial charge is 0.343 e. The number of benzene rings is 2. The summed E-state index contributed by atoms with van der Waals surface area (Å²) < 4.78 is 16.5. The Morgan fingerprint density at radius 3 is 2.39 bits per heavy atom. The number of hydrogen-bond acceptors (Lipinski definition) is 8. The van der Waals surface area contributed by atoms with Gasteiger partial charge in [0.1, 0.15) is 5.75 Å². The van der Waals surface area contributed by atoms with Crippen LogP contribution in [0.5, 0.6) is 5.75 Å². The lowest BCUT2D eigenvalue weighted by Gasteiger charge is -2.25. The molecule has 0 saturated carbocycles. The summed E-state index contributed by atoms with van der Waals surface area (Å²) in [6.07, 6.45) is 0. The van der Waals surface area contributed by atoms with Crippen LogP contribution in [0.3, 0.4) is 0 Å². The van der Waals surface area contributed by atoms with Gasteiger partial charge in [-0.1, -0.05) is 11.3 Å². The Kier molecular flexibility index (Phi) is 5.23. The lowest BCUT2D eigenvalue weighted by atomic mass is 10.1. The predicted octanol–water partition coefficient (Wildman–Crippen LogP) is 3.14. The van der Waals surface area contributed by atoms with E-state index >= 15 is 0 Å². The topological polar surface area (TPSA) is 78.0 Å². The van der Waals surface area contributed by atoms with Crippen molar-refractivity contribution in [1.29, 1.82) is 0 Å². The van der Waals surface area contributed by atoms with Gasteiger partial charge in [-0.05, 0) is 36.4 Å². The molecule has 1 saturated heterocycles. The van der Waals surface area contributed by atoms with Crippen molar-refractivity contribution in [3.8, 4) is 5.75 Å². The maximum Gasteiger partial charge on any atom is 0.343 e. The van der Waals surface area contributed by atoms with Gasteiger partial charge in [-0.25, -0.2) is 14.6 Å². The van der Waals surface area contributed by atoms with E-state index in [1.54, 1.807) is 17.4 Å². The highest BCUT2D eigenvalue weighted by molar-refractivity contribution is 7.22. The first-order valence-electron chi connectivity index (χ1n) is 8.78. The summed E-state index contributed by atoms with van der Waals surface area (Å²) >= 11 is 1.57. The van der Waals surface area contributed by atoms with Crippen molar-refractivity contribution in [2.24, 2.45) is 0 Å². The number of ether oxygens (including phenoxy) is 3. The van der Waals surface area contributed by atoms with E-state index < -0.39 is 11.9 Å². The van der Waals surface area contributed by atoms with E-state index in [4.69, 9.17) is 9.47 Å². The number of carbonyl (C=O) groups excluding carboxylic acids is 2. The molecule has 1 aliphatic heterocycles. The molecule has 8 heteroatoms. The van der Waals surface area contributed by atoms with Gasteiger partial charge in [-0.15, -0.1) is 0 Å². The minimum absolute atomic E-state index is 0.353. The highest BCUT2D eigenvalue weighted by Crippen LogP contribution is 2.32. The number of esters is 2. The van der Waals surface area contributed by atoms with E-state index in [-0.39, 0.29) is 0 Å². The molecule has 7 nitrogen and oxygen atoms in total. The molecule has 0 spiro atoms. The SMILES string of the molecule is COC(=O)c1ccc(C(=O)Oc2ccc3nc(N4CCOCC4)sc3c2)cc1. The second kappa shape index (κ2) is 7.95. The van der Waals surface area contributed by atoms with E-state index in [0.29, 0.717) is 30.1 Å². The van der Waals surface area contributed by atoms with Crippen molar-refractivity contribution in [1.82, 2.24) is 4.98 Å². The third-order valence-electron chi connectivity index (χ3n) is 4.38. The van der Waals surface area contributed by atoms with E-state index in [0.717, 1.165) is 28.4 Å². The molecule has 0 bridgehead atoms. The van der Waals surface area contributed by atoms with Crippen molar-refractivity contribution < 1.29 is 23.8 Å². The van der Waals surface area contributed by atoms with Crippen molar-refractivity contribution in [2.45, 2.75) is 0 Å². The molecule has 1 fully saturated rings. The van der Waals surface area contributed by atoms with Crippen LogP contribution in [0.1, 0.15) is 20.7 Å². The van der Waals surface area contributed by atoms with Crippen molar-refractivity contribution in [3.63, 3.8) is 0 Å². The molecule has 28 heavy (non-hydrogen) atoms. The second-order valence-corrected chi connectivity index (χ2v) is 7.19. The number of carbonyl (C=O) groups is 2. The quantitative estimate of drug-likeness (QED) is 0.493. The molecule has 0 radical (unpaired) electrons. The van der Waals surface area contributed by atoms with Crippen molar-refractivity contribution >= 4 is 38.6 Å². The van der Waals surface area contributed by atoms with Crippen molar-refractivity contribution in [3.05, 3.63) is 53.6 Å². The molecule has 144 valence electrons. The molecule has 1 aliphatic rings. The van der Waals surface area contributed by atoms with E-state index in [2.05, 4.69) is 14.6 Å². The fourth-order valence-electron chi connectivity index (χ4n) is 2.87. The normalized spacial score (nSPS) is 14.1. The molecule has 1 aromatic heterocycles. The van der Waals surface area contributed by atoms with Gasteiger partial charge < -0.3 is 19.1 Å². The zero-order chi connectivity index (χ0) is 19.5. The summed E-state index contributed by atoms with van der Waals surface area (Å²) in [4.78, 5) is 30.7. The molecular formula is C20H18N2O5S. The van der Waals surface area contributed by atoms with Gasteiger partial charge in [0.05, 0.1) is 41.7 Å². The number of rotatable bonds is 4. The molecule has 0 aliphatic carbocycles. The minimum Gasteiger partial charge on any atom is -0.465 e. The van der Waals surface area contributed by atoms with Gasteiger partial charge in [-0.3, -0.25) is 0 Å². The van der Waals surface area contributed by atoms with Gasteiger partial charge in [0.25, 0.3) is 0 Å². The predicted molar refractivity (Wildman–Crippen MR) is 105 cm³/mol. The van der Waals surface area contributed by atoms with Crippen LogP contribution in [0.25, 0.3) is 10.2 Å². The molecule has 2 heterocycles. The fourth-order valence-corrected chi connectivity index (χ4v) is 3.92. The number of hydrogen-bond donors (Lipinski definition) is 0. The van der Waals surface area contributed by atoms with Crippen molar-refractivity contribution in [2.75, 3.05) is 38.3 Å². The summed E-state index contributed by atoms with van der Waals surface area (Å²) in [5.74, 6) is -0.493. The van der Waals surface area contributed by atoms with Crippen LogP contribution >= 0.6 is 11.3 Å². The zero-order valence-corrected chi connectivity index (χ0v) is 16.0. The van der Waals surface area contributed by atoms with Crippen LogP contribution in [-0.2, 0) is 9.47 Å². The summed E-state index contributed by atoms with van der Waals surface area (Å²) in [5.41, 5.74) is 1.60. The Labute approximate surface area is 165 Å². The Balaban J connectivity index is 1.49. The largest absolute Gasteiger partial charge is 0.465 e. The summed E-state index contributed by atoms with van der Waals surface area (Å²) in [6, 6.07) is 11.5. The highest BCUT2D eigenvalue weighted by atomic mass is 32.1. The first-order valence-corrected chi connectivity index (χ1v) is 9.59. The van der Waals surface area contributed by atoms with E-state index in [1.807, 2.05) is 12.1 Å². The van der Waals surface area contributed by atoms with Gasteiger partial charge in [-0.2, -0.15) is 0 Å². The molecule has 4 rings (SSSR count). The van der Waals surface area contributed by atoms with Crippen LogP contribution < -0.4 is 9.64 Å². The number of fused-ring (bicyclic) bond motifs is 1. The van der Waals surface area contributed by atoms with Crippen LogP contribution in [0.2, 0.25) is 0 Å². The number of nitrogens with zero attached hydrogens (tertiary/aromatic N) is 2. The Hall–Kier alpha value is -2.97. The molecular weight excluding hydrogens is 380 g/mol. The number of thiazole rings is 1. The lowest BCUT2D eigenvalue weighted by molar-refractivity contribution is 0.0599. The maximum absolute atomic E-state index is 12.4. The molecule has 0 unspecified atom stereocenters. The third-order valence-corrected chi connectivity index (χ3v) is 5.46. The second-order valence-electron chi connectivity index (χ2n) is 6.18. The molecule has 0 atom stereocenters. The number of anilines is 1. The van der Waals surface area contributed by atoms with Gasteiger partial charge >= 0.3 is 11.9 Å². The number of methoxy groups -OCH3 is 1. The van der Waals surface area contributed by atoms with Gasteiger partial charge in [0.2, 0.25) is 0 Å². The lowest BCUT2D eigenvalue weighted by Crippen LogP contribution is -2.36. The first-order chi connectivity index (χ1) is 13.6. The Bertz CT molecular complexity index is 1010. The van der Waals surface area contributed by atoms with E-state index in [9.17, 15) is 9.59 Å². The van der Waals surface area contributed by atoms with Crippen LogP contribution in [-0.4, -0.2) is 50.3 Å². The molecule has 2 aromatic carbocycles. The summed E-state index contributed by atoms with van der Waals surface area (Å²) in [6.45, 7) is 3.05. The monoisotopic (exact) mass is 398 g/mol. The molecule has 0 amide bonds. The fraction of sp³-hybridized carbons (Fsp3) is 0.250. The highest BCUT2D eigenvalue weighted by Gasteiger charge is 2.16. The Morgan fingerprint density at radius 1 is 1.04 bits per heavy atom. The van der Waals surface area contributed by atoms with Gasteiger partial charge in [0, 0.05) is 19.2 Å². The average molecular weight is 398 g/mol. The standard InChI is InChI=1S/C20H18N2O5S/c1-25-18(23)13-2-4-14(5-3-13)19(24)27-15-6-7-16-17(12-15)28-20(21-16)22-8-10-26-11-9-22/h2-7,12H,8-11H2,1H3. The van der Waals surface area contributed by atoms with E-state index in [1.165, 1.54) is 31.4 Å². The zero-order valence-electron chi connectivity index (χ0n) is 15.2. The summed E-state index contributed by atoms with van der Waals surface area (Å²) in [7, 11) is 1.31. The minimum atomic E-state index is -0.492. The van der Waals surface area contributed by atoms with Crippen LogP contribution in [0.15, 0.2) is 42.5 Å². The average Bonchev–Trinajstić information content (AvgIpc) is 3.17. The van der Waals surface area contributed by atoms with Crippen LogP contribution in [0, 0.1) is 0 Å². The maximum atomic E-state index is 12.4. The van der Waals surface area contributed by atoms with Crippen LogP contribution in [0.4, 0.5) is 5.13 Å². The molecule has 0 N–H and O–H groups in total. The first kappa shape index (κ1) is 18.4. The van der Waals surface area contributed by atoms with Gasteiger partial charge in [0.15, 0.2) is 5.13 Å². The molecule has 3 aromatic rings. The third kappa shape index (κ3) is 3.83.